The van der Waals surface area contributed by atoms with Crippen LogP contribution in [0.5, 0.6) is 11.5 Å². The van der Waals surface area contributed by atoms with Gasteiger partial charge in [-0.1, -0.05) is 60.7 Å². The molecule has 0 spiro atoms. The van der Waals surface area contributed by atoms with Gasteiger partial charge in [-0.05, 0) is 41.5 Å². The van der Waals surface area contributed by atoms with Crippen LogP contribution in [0.3, 0.4) is 0 Å². The number of nitrogens with zero attached hydrogens (tertiary/aromatic N) is 1. The van der Waals surface area contributed by atoms with E-state index in [1.807, 2.05) is 84.9 Å². The van der Waals surface area contributed by atoms with Gasteiger partial charge in [-0.2, -0.15) is 0 Å². The highest BCUT2D eigenvalue weighted by atomic mass is 16.5. The Hall–Kier alpha value is -4.06. The van der Waals surface area contributed by atoms with Crippen LogP contribution in [-0.4, -0.2) is 30.1 Å². The molecule has 0 aliphatic carbocycles. The fraction of sp³-hybridized carbons (Fsp3) is 0.120. The summed E-state index contributed by atoms with van der Waals surface area (Å²) in [5.41, 5.74) is 1.89. The van der Waals surface area contributed by atoms with E-state index in [9.17, 15) is 9.59 Å². The van der Waals surface area contributed by atoms with Crippen LogP contribution < -0.4 is 14.8 Å². The molecule has 1 aliphatic rings. The fourth-order valence-electron chi connectivity index (χ4n) is 3.18. The minimum absolute atomic E-state index is 0.230. The average Bonchev–Trinajstić information content (AvgIpc) is 3.06. The van der Waals surface area contributed by atoms with Gasteiger partial charge in [0, 0.05) is 0 Å². The van der Waals surface area contributed by atoms with Gasteiger partial charge in [0.05, 0.1) is 6.54 Å². The molecule has 3 amide bonds. The molecule has 0 unspecified atom stereocenters. The molecule has 6 nitrogen and oxygen atoms in total. The van der Waals surface area contributed by atoms with Crippen molar-refractivity contribution in [2.24, 2.45) is 0 Å². The summed E-state index contributed by atoms with van der Waals surface area (Å²) in [6.45, 7) is 1.03. The highest BCUT2D eigenvalue weighted by molar-refractivity contribution is 6.13. The van der Waals surface area contributed by atoms with Crippen LogP contribution in [0.1, 0.15) is 11.1 Å². The topological polar surface area (TPSA) is 67.9 Å². The first-order valence-electron chi connectivity index (χ1n) is 9.98. The summed E-state index contributed by atoms with van der Waals surface area (Å²) in [5.74, 6) is 1.10. The second-order valence-electron chi connectivity index (χ2n) is 6.95. The summed E-state index contributed by atoms with van der Waals surface area (Å²) in [7, 11) is 0. The highest BCUT2D eigenvalue weighted by Crippen LogP contribution is 2.20. The van der Waals surface area contributed by atoms with Crippen molar-refractivity contribution < 1.29 is 19.1 Å². The Kier molecular flexibility index (Phi) is 6.28. The lowest BCUT2D eigenvalue weighted by Gasteiger charge is -2.11. The quantitative estimate of drug-likeness (QED) is 0.340. The van der Waals surface area contributed by atoms with Gasteiger partial charge in [-0.15, -0.1) is 0 Å². The third-order valence-corrected chi connectivity index (χ3v) is 4.68. The van der Waals surface area contributed by atoms with E-state index in [0.717, 1.165) is 16.9 Å². The molecule has 3 aromatic rings. The maximum Gasteiger partial charge on any atom is 0.329 e. The minimum Gasteiger partial charge on any atom is -0.490 e. The van der Waals surface area contributed by atoms with Gasteiger partial charge >= 0.3 is 6.03 Å². The van der Waals surface area contributed by atoms with Gasteiger partial charge in [0.2, 0.25) is 0 Å². The smallest absolute Gasteiger partial charge is 0.329 e. The fourth-order valence-corrected chi connectivity index (χ4v) is 3.18. The molecule has 0 aromatic heterocycles. The van der Waals surface area contributed by atoms with Crippen molar-refractivity contribution in [3.63, 3.8) is 0 Å². The lowest BCUT2D eigenvalue weighted by Crippen LogP contribution is -2.30. The van der Waals surface area contributed by atoms with Crippen LogP contribution in [0.15, 0.2) is 90.6 Å². The maximum atomic E-state index is 12.7. The van der Waals surface area contributed by atoms with E-state index in [1.54, 1.807) is 6.08 Å². The van der Waals surface area contributed by atoms with Gasteiger partial charge in [-0.25, -0.2) is 4.79 Å². The van der Waals surface area contributed by atoms with Crippen LogP contribution in [-0.2, 0) is 11.3 Å². The number of carbonyl (C=O) groups is 2. The summed E-state index contributed by atoms with van der Waals surface area (Å²) in [6.07, 6.45) is 1.65. The number of urea groups is 1. The first-order chi connectivity index (χ1) is 15.2. The van der Waals surface area contributed by atoms with E-state index in [4.69, 9.17) is 9.47 Å². The molecule has 1 heterocycles. The first kappa shape index (κ1) is 20.2. The van der Waals surface area contributed by atoms with Gasteiger partial charge < -0.3 is 14.8 Å². The zero-order valence-electron chi connectivity index (χ0n) is 16.9. The van der Waals surface area contributed by atoms with E-state index in [0.29, 0.717) is 19.0 Å². The van der Waals surface area contributed by atoms with Gasteiger partial charge in [0.1, 0.15) is 30.4 Å². The van der Waals surface area contributed by atoms with Crippen LogP contribution in [0.2, 0.25) is 0 Å². The average molecular weight is 414 g/mol. The number of hydrogen-bond donors (Lipinski definition) is 1. The summed E-state index contributed by atoms with van der Waals surface area (Å²) in [6, 6.07) is 25.8. The molecular weight excluding hydrogens is 392 g/mol. The summed E-state index contributed by atoms with van der Waals surface area (Å²) in [4.78, 5) is 26.1. The zero-order valence-corrected chi connectivity index (χ0v) is 16.9. The summed E-state index contributed by atoms with van der Waals surface area (Å²) in [5, 5.41) is 2.65. The Morgan fingerprint density at radius 3 is 2.16 bits per heavy atom. The van der Waals surface area contributed by atoms with Crippen LogP contribution >= 0.6 is 0 Å². The van der Waals surface area contributed by atoms with Crippen molar-refractivity contribution in [1.82, 2.24) is 10.2 Å². The molecule has 1 saturated heterocycles. The molecule has 0 saturated carbocycles. The van der Waals surface area contributed by atoms with Gasteiger partial charge in [0.25, 0.3) is 5.91 Å². The molecule has 0 atom stereocenters. The molecule has 156 valence electrons. The normalized spacial score (nSPS) is 14.6. The van der Waals surface area contributed by atoms with Crippen molar-refractivity contribution in [3.05, 3.63) is 102 Å². The number of carbonyl (C=O) groups excluding carboxylic acids is 2. The summed E-state index contributed by atoms with van der Waals surface area (Å²) < 4.78 is 11.4. The standard InChI is InChI=1S/C25H22N2O4/c28-24-23(26-25(29)27(24)18-19-8-3-1-4-9-19)17-20-10-7-13-22(16-20)31-15-14-30-21-11-5-2-6-12-21/h1-13,16-17H,14-15,18H2,(H,26,29)/b23-17+. The van der Waals surface area contributed by atoms with E-state index in [1.165, 1.54) is 4.90 Å². The van der Waals surface area contributed by atoms with Crippen LogP contribution in [0.4, 0.5) is 4.79 Å². The predicted octanol–water partition coefficient (Wildman–Crippen LogP) is 4.24. The lowest BCUT2D eigenvalue weighted by molar-refractivity contribution is -0.123. The van der Waals surface area contributed by atoms with Crippen molar-refractivity contribution in [2.45, 2.75) is 6.54 Å². The summed E-state index contributed by atoms with van der Waals surface area (Å²) >= 11 is 0. The largest absolute Gasteiger partial charge is 0.490 e. The monoisotopic (exact) mass is 414 g/mol. The van der Waals surface area contributed by atoms with Crippen molar-refractivity contribution in [2.75, 3.05) is 13.2 Å². The number of amides is 3. The number of rotatable bonds is 8. The number of imide groups is 1. The van der Waals surface area contributed by atoms with E-state index in [2.05, 4.69) is 5.32 Å². The number of benzene rings is 3. The third-order valence-electron chi connectivity index (χ3n) is 4.68. The van der Waals surface area contributed by atoms with Crippen LogP contribution in [0, 0.1) is 0 Å². The highest BCUT2D eigenvalue weighted by Gasteiger charge is 2.33. The van der Waals surface area contributed by atoms with Gasteiger partial charge in [0.15, 0.2) is 0 Å². The molecule has 3 aromatic carbocycles. The zero-order chi connectivity index (χ0) is 21.5. The maximum absolute atomic E-state index is 12.7. The molecule has 1 N–H and O–H groups in total. The van der Waals surface area contributed by atoms with Crippen molar-refractivity contribution in [1.29, 1.82) is 0 Å². The van der Waals surface area contributed by atoms with E-state index in [-0.39, 0.29) is 18.1 Å². The van der Waals surface area contributed by atoms with Crippen molar-refractivity contribution >= 4 is 18.0 Å². The molecule has 1 fully saturated rings. The van der Waals surface area contributed by atoms with Crippen LogP contribution in [0.25, 0.3) is 6.08 Å². The van der Waals surface area contributed by atoms with E-state index < -0.39 is 6.03 Å². The number of ether oxygens (including phenoxy) is 2. The van der Waals surface area contributed by atoms with Gasteiger partial charge in [-0.3, -0.25) is 9.69 Å². The number of hydrogen-bond acceptors (Lipinski definition) is 4. The second kappa shape index (κ2) is 9.63. The first-order valence-corrected chi connectivity index (χ1v) is 9.98. The minimum atomic E-state index is -0.425. The number of para-hydroxylation sites is 1. The Morgan fingerprint density at radius 1 is 0.774 bits per heavy atom. The molecule has 0 radical (unpaired) electrons. The number of nitrogens with one attached hydrogen (secondary N) is 1. The van der Waals surface area contributed by atoms with Crippen molar-refractivity contribution in [3.8, 4) is 11.5 Å². The molecule has 0 bridgehead atoms. The Bertz CT molecular complexity index is 1080. The second-order valence-corrected chi connectivity index (χ2v) is 6.95. The molecule has 4 rings (SSSR count). The Morgan fingerprint density at radius 2 is 1.42 bits per heavy atom. The third kappa shape index (κ3) is 5.30. The van der Waals surface area contributed by atoms with E-state index >= 15 is 0 Å². The lowest BCUT2D eigenvalue weighted by atomic mass is 10.1. The predicted molar refractivity (Wildman–Crippen MR) is 117 cm³/mol. The molecule has 1 aliphatic heterocycles. The molecular formula is C25H22N2O4. The molecule has 31 heavy (non-hydrogen) atoms. The molecule has 6 heteroatoms. The Balaban J connectivity index is 1.36. The SMILES string of the molecule is O=C1N/C(=C/c2cccc(OCCOc3ccccc3)c2)C(=O)N1Cc1ccccc1. The Labute approximate surface area is 180 Å².